The predicted molar refractivity (Wildman–Crippen MR) is 86.6 cm³/mol. The van der Waals surface area contributed by atoms with Gasteiger partial charge in [0.15, 0.2) is 0 Å². The molecule has 1 heterocycles. The van der Waals surface area contributed by atoms with E-state index in [4.69, 9.17) is 34.8 Å². The molecule has 0 aliphatic carbocycles. The quantitative estimate of drug-likeness (QED) is 0.824. The van der Waals surface area contributed by atoms with Crippen LogP contribution < -0.4 is 5.43 Å². The van der Waals surface area contributed by atoms with Crippen LogP contribution in [0.15, 0.2) is 41.5 Å². The molecule has 21 heavy (non-hydrogen) atoms. The Bertz CT molecular complexity index is 714. The average Bonchev–Trinajstić information content (AvgIpc) is 2.93. The summed E-state index contributed by atoms with van der Waals surface area (Å²) in [5, 5.41) is 15.8. The zero-order chi connectivity index (χ0) is 15.0. The third kappa shape index (κ3) is 2.95. The van der Waals surface area contributed by atoms with Crippen molar-refractivity contribution >= 4 is 40.5 Å². The molecule has 0 bridgehead atoms. The predicted octanol–water partition coefficient (Wildman–Crippen LogP) is 4.79. The number of aromatic hydroxyl groups is 1. The topological polar surface area (TPSA) is 44.6 Å². The van der Waals surface area contributed by atoms with E-state index in [1.54, 1.807) is 6.07 Å². The first-order chi connectivity index (χ1) is 10.0. The van der Waals surface area contributed by atoms with Crippen molar-refractivity contribution in [3.8, 4) is 5.75 Å². The summed E-state index contributed by atoms with van der Waals surface area (Å²) in [5.41, 5.74) is 5.53. The lowest BCUT2D eigenvalue weighted by molar-refractivity contribution is 0.456. The number of phenols is 1. The zero-order valence-corrected chi connectivity index (χ0v) is 13.0. The van der Waals surface area contributed by atoms with E-state index >= 15 is 0 Å². The highest BCUT2D eigenvalue weighted by Gasteiger charge is 2.25. The molecule has 3 nitrogen and oxygen atoms in total. The van der Waals surface area contributed by atoms with Crippen molar-refractivity contribution in [2.75, 3.05) is 0 Å². The maximum atomic E-state index is 10.1. The first kappa shape index (κ1) is 14.5. The summed E-state index contributed by atoms with van der Waals surface area (Å²) >= 11 is 17.8. The normalized spacial score (nSPS) is 17.5. The lowest BCUT2D eigenvalue weighted by atomic mass is 9.98. The molecule has 0 amide bonds. The largest absolute Gasteiger partial charge is 0.506 e. The summed E-state index contributed by atoms with van der Waals surface area (Å²) < 4.78 is 0. The van der Waals surface area contributed by atoms with E-state index in [1.807, 2.05) is 24.3 Å². The molecule has 0 saturated carbocycles. The standard InChI is InChI=1S/C15H11Cl3N2O/c16-9-3-1-8(2-4-9)13-7-14(20-19-13)11-5-10(17)6-12(18)15(11)21/h1-6,14,20-21H,7H2/t14-/m0/s1. The highest BCUT2D eigenvalue weighted by atomic mass is 35.5. The van der Waals surface area contributed by atoms with Gasteiger partial charge in [-0.3, -0.25) is 0 Å². The van der Waals surface area contributed by atoms with E-state index in [-0.39, 0.29) is 16.8 Å². The van der Waals surface area contributed by atoms with Crippen LogP contribution >= 0.6 is 34.8 Å². The molecule has 0 aromatic heterocycles. The number of hydrogen-bond acceptors (Lipinski definition) is 3. The fourth-order valence-corrected chi connectivity index (χ4v) is 2.93. The minimum atomic E-state index is -0.160. The molecule has 0 spiro atoms. The van der Waals surface area contributed by atoms with Crippen LogP contribution in [-0.4, -0.2) is 10.8 Å². The van der Waals surface area contributed by atoms with Gasteiger partial charge >= 0.3 is 0 Å². The van der Waals surface area contributed by atoms with E-state index in [9.17, 15) is 5.11 Å². The van der Waals surface area contributed by atoms with Gasteiger partial charge in [-0.15, -0.1) is 0 Å². The molecule has 108 valence electrons. The Morgan fingerprint density at radius 1 is 1.05 bits per heavy atom. The molecule has 2 N–H and O–H groups in total. The van der Waals surface area contributed by atoms with Gasteiger partial charge in [-0.25, -0.2) is 0 Å². The Morgan fingerprint density at radius 2 is 1.76 bits per heavy atom. The van der Waals surface area contributed by atoms with Crippen LogP contribution in [0, 0.1) is 0 Å². The summed E-state index contributed by atoms with van der Waals surface area (Å²) in [6.45, 7) is 0. The SMILES string of the molecule is Oc1c(Cl)cc(Cl)cc1[C@@H]1CC(c2ccc(Cl)cc2)=NN1. The zero-order valence-electron chi connectivity index (χ0n) is 10.8. The van der Waals surface area contributed by atoms with Crippen LogP contribution in [0.25, 0.3) is 0 Å². The molecule has 3 rings (SSSR count). The summed E-state index contributed by atoms with van der Waals surface area (Å²) in [4.78, 5) is 0. The van der Waals surface area contributed by atoms with E-state index in [2.05, 4.69) is 10.5 Å². The maximum Gasteiger partial charge on any atom is 0.139 e. The molecule has 6 heteroatoms. The van der Waals surface area contributed by atoms with Gasteiger partial charge in [0.05, 0.1) is 16.8 Å². The summed E-state index contributed by atoms with van der Waals surface area (Å²) in [6, 6.07) is 10.5. The second-order valence-electron chi connectivity index (χ2n) is 4.78. The number of hydrogen-bond donors (Lipinski definition) is 2. The fourth-order valence-electron chi connectivity index (χ4n) is 2.30. The lowest BCUT2D eigenvalue weighted by Crippen LogP contribution is -2.10. The number of phenolic OH excluding ortho intramolecular Hbond substituents is 1. The molecule has 2 aromatic carbocycles. The van der Waals surface area contributed by atoms with Crippen molar-refractivity contribution < 1.29 is 5.11 Å². The molecule has 0 radical (unpaired) electrons. The molecule has 0 fully saturated rings. The first-order valence-corrected chi connectivity index (χ1v) is 7.44. The van der Waals surface area contributed by atoms with Gasteiger partial charge in [0.1, 0.15) is 5.75 Å². The van der Waals surface area contributed by atoms with Crippen molar-refractivity contribution in [1.29, 1.82) is 0 Å². The number of nitrogens with zero attached hydrogens (tertiary/aromatic N) is 1. The van der Waals surface area contributed by atoms with Crippen molar-refractivity contribution in [1.82, 2.24) is 5.43 Å². The molecular formula is C15H11Cl3N2O. The van der Waals surface area contributed by atoms with Crippen LogP contribution in [0.3, 0.4) is 0 Å². The van der Waals surface area contributed by atoms with Gasteiger partial charge in [0, 0.05) is 22.0 Å². The van der Waals surface area contributed by atoms with Crippen molar-refractivity contribution in [3.63, 3.8) is 0 Å². The molecule has 0 saturated heterocycles. The van der Waals surface area contributed by atoms with Gasteiger partial charge in [-0.1, -0.05) is 46.9 Å². The monoisotopic (exact) mass is 340 g/mol. The molecule has 0 unspecified atom stereocenters. The second-order valence-corrected chi connectivity index (χ2v) is 6.06. The summed E-state index contributed by atoms with van der Waals surface area (Å²) in [6.07, 6.45) is 0.631. The van der Waals surface area contributed by atoms with Crippen molar-refractivity contribution in [2.24, 2.45) is 5.10 Å². The minimum Gasteiger partial charge on any atom is -0.506 e. The number of benzene rings is 2. The lowest BCUT2D eigenvalue weighted by Gasteiger charge is -2.13. The smallest absolute Gasteiger partial charge is 0.139 e. The van der Waals surface area contributed by atoms with Gasteiger partial charge in [-0.05, 0) is 29.8 Å². The van der Waals surface area contributed by atoms with Crippen molar-refractivity contribution in [3.05, 3.63) is 62.6 Å². The third-order valence-corrected chi connectivity index (χ3v) is 4.12. The second kappa shape index (κ2) is 5.76. The van der Waals surface area contributed by atoms with Crippen molar-refractivity contribution in [2.45, 2.75) is 12.5 Å². The first-order valence-electron chi connectivity index (χ1n) is 6.30. The van der Waals surface area contributed by atoms with Crippen LogP contribution in [0.1, 0.15) is 23.6 Å². The summed E-state index contributed by atoms with van der Waals surface area (Å²) in [5.74, 6) is 0.0334. The minimum absolute atomic E-state index is 0.0334. The number of rotatable bonds is 2. The van der Waals surface area contributed by atoms with Crippen LogP contribution in [-0.2, 0) is 0 Å². The Kier molecular flexibility index (Phi) is 3.98. The summed E-state index contributed by atoms with van der Waals surface area (Å²) in [7, 11) is 0. The Balaban J connectivity index is 1.85. The number of hydrazone groups is 1. The third-order valence-electron chi connectivity index (χ3n) is 3.36. The highest BCUT2D eigenvalue weighted by Crippen LogP contribution is 2.37. The number of nitrogens with one attached hydrogen (secondary N) is 1. The average molecular weight is 342 g/mol. The number of halogens is 3. The molecular weight excluding hydrogens is 331 g/mol. The Morgan fingerprint density at radius 3 is 2.48 bits per heavy atom. The molecule has 2 aromatic rings. The van der Waals surface area contributed by atoms with Crippen LogP contribution in [0.2, 0.25) is 15.1 Å². The van der Waals surface area contributed by atoms with E-state index in [0.29, 0.717) is 22.0 Å². The van der Waals surface area contributed by atoms with Gasteiger partial charge < -0.3 is 10.5 Å². The fraction of sp³-hybridized carbons (Fsp3) is 0.133. The Hall–Kier alpha value is -1.42. The van der Waals surface area contributed by atoms with E-state index in [0.717, 1.165) is 11.3 Å². The Labute approximate surface area is 137 Å². The molecule has 1 aliphatic heterocycles. The molecule has 1 atom stereocenters. The maximum absolute atomic E-state index is 10.1. The molecule has 1 aliphatic rings. The van der Waals surface area contributed by atoms with Gasteiger partial charge in [0.2, 0.25) is 0 Å². The van der Waals surface area contributed by atoms with Crippen LogP contribution in [0.4, 0.5) is 0 Å². The van der Waals surface area contributed by atoms with Gasteiger partial charge in [0.25, 0.3) is 0 Å². The van der Waals surface area contributed by atoms with E-state index < -0.39 is 0 Å². The van der Waals surface area contributed by atoms with E-state index in [1.165, 1.54) is 6.07 Å². The van der Waals surface area contributed by atoms with Gasteiger partial charge in [-0.2, -0.15) is 5.10 Å². The highest BCUT2D eigenvalue weighted by molar-refractivity contribution is 6.35. The van der Waals surface area contributed by atoms with Crippen LogP contribution in [0.5, 0.6) is 5.75 Å².